The lowest BCUT2D eigenvalue weighted by atomic mass is 9.98. The van der Waals surface area contributed by atoms with E-state index < -0.39 is 35.6 Å². The second-order valence-electron chi connectivity index (χ2n) is 10.0. The highest BCUT2D eigenvalue weighted by atomic mass is 35.5. The number of hydrogen-bond donors (Lipinski definition) is 2. The van der Waals surface area contributed by atoms with Crippen LogP contribution in [0.1, 0.15) is 57.4 Å². The molecule has 2 aromatic carbocycles. The molecule has 0 saturated carbocycles. The predicted molar refractivity (Wildman–Crippen MR) is 145 cm³/mol. The summed E-state index contributed by atoms with van der Waals surface area (Å²) in [5, 5.41) is 5.95. The number of halogens is 1. The summed E-state index contributed by atoms with van der Waals surface area (Å²) in [5.41, 5.74) is 1.93. The van der Waals surface area contributed by atoms with Crippen molar-refractivity contribution in [3.05, 3.63) is 70.8 Å². The van der Waals surface area contributed by atoms with Crippen LogP contribution in [0, 0.1) is 12.8 Å². The van der Waals surface area contributed by atoms with E-state index >= 15 is 0 Å². The first-order valence-corrected chi connectivity index (χ1v) is 12.2. The summed E-state index contributed by atoms with van der Waals surface area (Å²) >= 11 is 6.35. The minimum Gasteiger partial charge on any atom is -0.444 e. The third-order valence-electron chi connectivity index (χ3n) is 5.52. The molecular formula is C28H36ClN3O4. The van der Waals surface area contributed by atoms with E-state index in [1.54, 1.807) is 64.2 Å². The Balaban J connectivity index is 2.45. The fourth-order valence-electron chi connectivity index (χ4n) is 3.68. The number of nitrogens with zero attached hydrogens (tertiary/aromatic N) is 1. The molecule has 0 radical (unpaired) electrons. The highest BCUT2D eigenvalue weighted by Crippen LogP contribution is 2.29. The maximum atomic E-state index is 13.7. The summed E-state index contributed by atoms with van der Waals surface area (Å²) in [5.74, 6) is -1.14. The van der Waals surface area contributed by atoms with Crippen LogP contribution in [0.5, 0.6) is 0 Å². The van der Waals surface area contributed by atoms with E-state index in [-0.39, 0.29) is 5.92 Å². The second kappa shape index (κ2) is 12.1. The predicted octanol–water partition coefficient (Wildman–Crippen LogP) is 5.98. The van der Waals surface area contributed by atoms with Gasteiger partial charge in [-0.15, -0.1) is 0 Å². The zero-order valence-corrected chi connectivity index (χ0v) is 22.8. The number of anilines is 1. The summed E-state index contributed by atoms with van der Waals surface area (Å²) in [6.45, 7) is 14.5. The van der Waals surface area contributed by atoms with Gasteiger partial charge in [-0.25, -0.2) is 4.79 Å². The number of carbonyl (C=O) groups excluding carboxylic acids is 3. The van der Waals surface area contributed by atoms with Gasteiger partial charge in [0.15, 0.2) is 0 Å². The highest BCUT2D eigenvalue weighted by Gasteiger charge is 2.35. The third-order valence-corrected chi connectivity index (χ3v) is 5.84. The molecule has 7 nitrogen and oxygen atoms in total. The fraction of sp³-hybridized carbons (Fsp3) is 0.393. The van der Waals surface area contributed by atoms with Gasteiger partial charge in [0.25, 0.3) is 5.91 Å². The van der Waals surface area contributed by atoms with Gasteiger partial charge >= 0.3 is 6.09 Å². The Morgan fingerprint density at radius 1 is 1.11 bits per heavy atom. The normalized spacial score (nSPS) is 12.9. The molecule has 0 saturated heterocycles. The van der Waals surface area contributed by atoms with E-state index in [9.17, 15) is 14.4 Å². The smallest absolute Gasteiger partial charge is 0.408 e. The molecule has 0 heterocycles. The molecule has 2 aromatic rings. The molecule has 2 N–H and O–H groups in total. The van der Waals surface area contributed by atoms with Crippen LogP contribution in [0.2, 0.25) is 5.02 Å². The van der Waals surface area contributed by atoms with Gasteiger partial charge < -0.3 is 20.3 Å². The monoisotopic (exact) mass is 513 g/mol. The van der Waals surface area contributed by atoms with Crippen molar-refractivity contribution in [3.63, 3.8) is 0 Å². The minimum absolute atomic E-state index is 0.262. The quantitative estimate of drug-likeness (QED) is 0.454. The molecule has 0 spiro atoms. The molecule has 8 heteroatoms. The van der Waals surface area contributed by atoms with Crippen molar-refractivity contribution in [2.24, 2.45) is 5.92 Å². The standard InChI is InChI=1S/C28H36ClN3O4/c1-9-19-13-11-14-20(16-19)24(25(33)30-23-18(4)12-10-15-21(23)29)32(8)26(34)22(17(2)3)31-27(35)36-28(5,6)7/h9-17,22,24H,1H2,2-8H3,(H,30,33)(H,31,35). The van der Waals surface area contributed by atoms with Gasteiger partial charge in [0.05, 0.1) is 10.7 Å². The molecule has 0 aliphatic rings. The molecule has 0 aromatic heterocycles. The van der Waals surface area contributed by atoms with Crippen LogP contribution >= 0.6 is 11.6 Å². The van der Waals surface area contributed by atoms with Gasteiger partial charge in [-0.3, -0.25) is 9.59 Å². The molecule has 3 amide bonds. The van der Waals surface area contributed by atoms with Crippen molar-refractivity contribution in [3.8, 4) is 0 Å². The number of aryl methyl sites for hydroxylation is 1. The van der Waals surface area contributed by atoms with Crippen molar-refractivity contribution in [1.29, 1.82) is 0 Å². The van der Waals surface area contributed by atoms with E-state index in [4.69, 9.17) is 16.3 Å². The zero-order chi connectivity index (χ0) is 27.2. The van der Waals surface area contributed by atoms with Gasteiger partial charge in [-0.05, 0) is 62.4 Å². The number of rotatable bonds is 8. The second-order valence-corrected chi connectivity index (χ2v) is 10.4. The molecule has 2 unspecified atom stereocenters. The van der Waals surface area contributed by atoms with Crippen LogP contribution < -0.4 is 10.6 Å². The van der Waals surface area contributed by atoms with Gasteiger partial charge in [0.2, 0.25) is 5.91 Å². The van der Waals surface area contributed by atoms with E-state index in [1.165, 1.54) is 4.90 Å². The van der Waals surface area contributed by atoms with Gasteiger partial charge in [-0.2, -0.15) is 0 Å². The van der Waals surface area contributed by atoms with E-state index in [0.717, 1.165) is 11.1 Å². The van der Waals surface area contributed by atoms with Crippen molar-refractivity contribution in [1.82, 2.24) is 10.2 Å². The van der Waals surface area contributed by atoms with E-state index in [1.807, 2.05) is 32.9 Å². The first kappa shape index (κ1) is 28.9. The summed E-state index contributed by atoms with van der Waals surface area (Å²) in [6, 6.07) is 10.6. The first-order chi connectivity index (χ1) is 16.7. The van der Waals surface area contributed by atoms with Gasteiger partial charge in [-0.1, -0.05) is 68.4 Å². The molecule has 0 bridgehead atoms. The van der Waals surface area contributed by atoms with Crippen molar-refractivity contribution < 1.29 is 19.1 Å². The van der Waals surface area contributed by atoms with E-state index in [2.05, 4.69) is 17.2 Å². The average Bonchev–Trinajstić information content (AvgIpc) is 2.78. The molecule has 36 heavy (non-hydrogen) atoms. The van der Waals surface area contributed by atoms with E-state index in [0.29, 0.717) is 16.3 Å². The van der Waals surface area contributed by atoms with Crippen LogP contribution in [0.4, 0.5) is 10.5 Å². The van der Waals surface area contributed by atoms with Crippen LogP contribution in [0.3, 0.4) is 0 Å². The summed E-state index contributed by atoms with van der Waals surface area (Å²) in [4.78, 5) is 41.1. The van der Waals surface area contributed by atoms with Crippen molar-refractivity contribution in [2.75, 3.05) is 12.4 Å². The molecule has 2 atom stereocenters. The lowest BCUT2D eigenvalue weighted by Gasteiger charge is -2.33. The zero-order valence-electron chi connectivity index (χ0n) is 22.0. The van der Waals surface area contributed by atoms with Crippen LogP contribution in [0.15, 0.2) is 49.0 Å². The Morgan fingerprint density at radius 3 is 2.31 bits per heavy atom. The van der Waals surface area contributed by atoms with Crippen molar-refractivity contribution >= 4 is 41.3 Å². The Morgan fingerprint density at radius 2 is 1.75 bits per heavy atom. The number of hydrogen-bond acceptors (Lipinski definition) is 4. The topological polar surface area (TPSA) is 87.7 Å². The molecule has 0 fully saturated rings. The lowest BCUT2D eigenvalue weighted by Crippen LogP contribution is -2.53. The Kier molecular flexibility index (Phi) is 9.70. The summed E-state index contributed by atoms with van der Waals surface area (Å²) in [7, 11) is 1.54. The fourth-order valence-corrected chi connectivity index (χ4v) is 3.95. The Hall–Kier alpha value is -3.32. The minimum atomic E-state index is -1.00. The number of amides is 3. The largest absolute Gasteiger partial charge is 0.444 e. The summed E-state index contributed by atoms with van der Waals surface area (Å²) in [6.07, 6.45) is 0.962. The number of likely N-dealkylation sites (N-methyl/N-ethyl adjacent to an activating group) is 1. The molecule has 0 aliphatic heterocycles. The summed E-state index contributed by atoms with van der Waals surface area (Å²) < 4.78 is 5.35. The SMILES string of the molecule is C=Cc1cccc(C(C(=O)Nc2c(C)cccc2Cl)N(C)C(=O)C(NC(=O)OC(C)(C)C)C(C)C)c1. The van der Waals surface area contributed by atoms with Crippen LogP contribution in [-0.2, 0) is 14.3 Å². The lowest BCUT2D eigenvalue weighted by molar-refractivity contribution is -0.140. The number of carbonyl (C=O) groups is 3. The third kappa shape index (κ3) is 7.59. The molecule has 0 aliphatic carbocycles. The Bertz CT molecular complexity index is 1100. The molecular weight excluding hydrogens is 478 g/mol. The first-order valence-electron chi connectivity index (χ1n) is 11.8. The number of benzene rings is 2. The molecule has 194 valence electrons. The van der Waals surface area contributed by atoms with Crippen LogP contribution in [-0.4, -0.2) is 41.5 Å². The number of ether oxygens (including phenoxy) is 1. The number of para-hydroxylation sites is 1. The molecule has 2 rings (SSSR count). The maximum absolute atomic E-state index is 13.7. The van der Waals surface area contributed by atoms with Gasteiger partial charge in [0, 0.05) is 7.05 Å². The Labute approximate surface area is 218 Å². The highest BCUT2D eigenvalue weighted by molar-refractivity contribution is 6.34. The van der Waals surface area contributed by atoms with Crippen molar-refractivity contribution in [2.45, 2.75) is 59.2 Å². The number of alkyl carbamates (subject to hydrolysis) is 1. The van der Waals surface area contributed by atoms with Crippen LogP contribution in [0.25, 0.3) is 6.08 Å². The maximum Gasteiger partial charge on any atom is 0.408 e. The number of nitrogens with one attached hydrogen (secondary N) is 2. The van der Waals surface area contributed by atoms with Gasteiger partial charge in [0.1, 0.15) is 17.7 Å². The average molecular weight is 514 g/mol.